The van der Waals surface area contributed by atoms with Crippen LogP contribution in [-0.4, -0.2) is 30.9 Å². The van der Waals surface area contributed by atoms with Gasteiger partial charge in [-0.1, -0.05) is 17.7 Å². The summed E-state index contributed by atoms with van der Waals surface area (Å²) in [7, 11) is 1.79. The minimum atomic E-state index is 0.156. The molecule has 16 heavy (non-hydrogen) atoms. The van der Waals surface area contributed by atoms with Gasteiger partial charge in [-0.15, -0.1) is 0 Å². The first-order valence-corrected chi connectivity index (χ1v) is 5.78. The van der Waals surface area contributed by atoms with E-state index < -0.39 is 0 Å². The Hall–Kier alpha value is -1.06. The zero-order chi connectivity index (χ0) is 11.5. The van der Waals surface area contributed by atoms with Crippen LogP contribution in [0.15, 0.2) is 18.2 Å². The summed E-state index contributed by atoms with van der Waals surface area (Å²) < 4.78 is 0. The first kappa shape index (κ1) is 11.4. The zero-order valence-corrected chi connectivity index (χ0v) is 10.0. The standard InChI is InChI=1S/C12H15ClN2O/c1-14-7-12(16)15-5-4-9-6-11(13)3-2-10(9)8-15/h2-3,6,14H,4-5,7-8H2,1H3. The van der Waals surface area contributed by atoms with Crippen LogP contribution >= 0.6 is 11.6 Å². The first-order chi connectivity index (χ1) is 7.70. The fourth-order valence-corrected chi connectivity index (χ4v) is 2.19. The molecule has 0 atom stereocenters. The van der Waals surface area contributed by atoms with Crippen LogP contribution in [0.5, 0.6) is 0 Å². The lowest BCUT2D eigenvalue weighted by Crippen LogP contribution is -2.40. The first-order valence-electron chi connectivity index (χ1n) is 5.40. The Kier molecular flexibility index (Phi) is 3.46. The molecule has 1 aromatic rings. The summed E-state index contributed by atoms with van der Waals surface area (Å²) in [5.74, 6) is 0.156. The molecule has 1 aliphatic rings. The van der Waals surface area contributed by atoms with E-state index in [1.165, 1.54) is 11.1 Å². The molecule has 0 saturated heterocycles. The van der Waals surface area contributed by atoms with Gasteiger partial charge in [0.1, 0.15) is 0 Å². The van der Waals surface area contributed by atoms with Crippen LogP contribution in [0.4, 0.5) is 0 Å². The highest BCUT2D eigenvalue weighted by atomic mass is 35.5. The van der Waals surface area contributed by atoms with Crippen molar-refractivity contribution in [3.8, 4) is 0 Å². The molecule has 0 fully saturated rings. The number of hydrogen-bond acceptors (Lipinski definition) is 2. The van der Waals surface area contributed by atoms with E-state index in [1.807, 2.05) is 23.1 Å². The molecule has 0 unspecified atom stereocenters. The van der Waals surface area contributed by atoms with Gasteiger partial charge in [0.25, 0.3) is 0 Å². The summed E-state index contributed by atoms with van der Waals surface area (Å²) in [5, 5.41) is 3.66. The Morgan fingerprint density at radius 1 is 1.50 bits per heavy atom. The molecule has 4 heteroatoms. The second-order valence-electron chi connectivity index (χ2n) is 4.01. The van der Waals surface area contributed by atoms with Gasteiger partial charge in [0.15, 0.2) is 0 Å². The smallest absolute Gasteiger partial charge is 0.236 e. The normalized spacial score (nSPS) is 14.8. The van der Waals surface area contributed by atoms with Crippen molar-refractivity contribution in [1.82, 2.24) is 10.2 Å². The number of hydrogen-bond donors (Lipinski definition) is 1. The molecule has 1 aliphatic heterocycles. The average molecular weight is 239 g/mol. The fourth-order valence-electron chi connectivity index (χ4n) is 2.00. The van der Waals surface area contributed by atoms with Crippen LogP contribution in [0.2, 0.25) is 5.02 Å². The number of carbonyl (C=O) groups is 1. The van der Waals surface area contributed by atoms with E-state index in [1.54, 1.807) is 7.05 Å². The van der Waals surface area contributed by atoms with E-state index >= 15 is 0 Å². The van der Waals surface area contributed by atoms with Gasteiger partial charge >= 0.3 is 0 Å². The number of nitrogens with one attached hydrogen (secondary N) is 1. The van der Waals surface area contributed by atoms with Gasteiger partial charge in [-0.2, -0.15) is 0 Å². The van der Waals surface area contributed by atoms with E-state index in [9.17, 15) is 4.79 Å². The van der Waals surface area contributed by atoms with E-state index in [4.69, 9.17) is 11.6 Å². The molecular weight excluding hydrogens is 224 g/mol. The number of rotatable bonds is 2. The second kappa shape index (κ2) is 4.85. The van der Waals surface area contributed by atoms with Gasteiger partial charge in [-0.3, -0.25) is 4.79 Å². The highest BCUT2D eigenvalue weighted by Gasteiger charge is 2.19. The maximum atomic E-state index is 11.7. The molecule has 86 valence electrons. The van der Waals surface area contributed by atoms with Crippen molar-refractivity contribution >= 4 is 17.5 Å². The van der Waals surface area contributed by atoms with Crippen molar-refractivity contribution in [2.24, 2.45) is 0 Å². The van der Waals surface area contributed by atoms with Crippen molar-refractivity contribution in [2.45, 2.75) is 13.0 Å². The second-order valence-corrected chi connectivity index (χ2v) is 4.45. The molecule has 0 radical (unpaired) electrons. The molecule has 1 N–H and O–H groups in total. The Morgan fingerprint density at radius 2 is 2.31 bits per heavy atom. The van der Waals surface area contributed by atoms with Crippen LogP contribution in [0, 0.1) is 0 Å². The molecule has 1 heterocycles. The van der Waals surface area contributed by atoms with Gasteiger partial charge in [-0.05, 0) is 36.7 Å². The van der Waals surface area contributed by atoms with Crippen LogP contribution in [0.3, 0.4) is 0 Å². The molecule has 0 aliphatic carbocycles. The summed E-state index contributed by atoms with van der Waals surface area (Å²) in [5.41, 5.74) is 2.47. The molecular formula is C12H15ClN2O. The highest BCUT2D eigenvalue weighted by Crippen LogP contribution is 2.22. The lowest BCUT2D eigenvalue weighted by Gasteiger charge is -2.29. The number of benzene rings is 1. The van der Waals surface area contributed by atoms with Crippen molar-refractivity contribution in [1.29, 1.82) is 0 Å². The SMILES string of the molecule is CNCC(=O)N1CCc2cc(Cl)ccc2C1. The quantitative estimate of drug-likeness (QED) is 0.846. The molecule has 0 aromatic heterocycles. The number of amides is 1. The fraction of sp³-hybridized carbons (Fsp3) is 0.417. The minimum Gasteiger partial charge on any atom is -0.337 e. The van der Waals surface area contributed by atoms with Crippen LogP contribution in [-0.2, 0) is 17.8 Å². The van der Waals surface area contributed by atoms with Gasteiger partial charge in [0.05, 0.1) is 6.54 Å². The van der Waals surface area contributed by atoms with E-state index in [0.29, 0.717) is 13.1 Å². The average Bonchev–Trinajstić information content (AvgIpc) is 2.28. The monoisotopic (exact) mass is 238 g/mol. The van der Waals surface area contributed by atoms with E-state index in [0.717, 1.165) is 18.0 Å². The summed E-state index contributed by atoms with van der Waals surface area (Å²) >= 11 is 5.93. The molecule has 1 aromatic carbocycles. The molecule has 0 saturated carbocycles. The maximum Gasteiger partial charge on any atom is 0.236 e. The summed E-state index contributed by atoms with van der Waals surface area (Å²) in [6, 6.07) is 5.89. The molecule has 0 spiro atoms. The zero-order valence-electron chi connectivity index (χ0n) is 9.29. The lowest BCUT2D eigenvalue weighted by atomic mass is 10.00. The van der Waals surface area contributed by atoms with E-state index in [2.05, 4.69) is 5.32 Å². The van der Waals surface area contributed by atoms with Crippen molar-refractivity contribution < 1.29 is 4.79 Å². The summed E-state index contributed by atoms with van der Waals surface area (Å²) in [6.07, 6.45) is 0.894. The van der Waals surface area contributed by atoms with Gasteiger partial charge < -0.3 is 10.2 Å². The predicted octanol–water partition coefficient (Wildman–Crippen LogP) is 1.44. The number of likely N-dealkylation sites (N-methyl/N-ethyl adjacent to an activating group) is 1. The van der Waals surface area contributed by atoms with Gasteiger partial charge in [0, 0.05) is 18.1 Å². The van der Waals surface area contributed by atoms with Crippen LogP contribution in [0.1, 0.15) is 11.1 Å². The Labute approximate surface area is 100 Å². The predicted molar refractivity (Wildman–Crippen MR) is 64.5 cm³/mol. The third-order valence-electron chi connectivity index (χ3n) is 2.86. The molecule has 3 nitrogen and oxygen atoms in total. The van der Waals surface area contributed by atoms with E-state index in [-0.39, 0.29) is 5.91 Å². The van der Waals surface area contributed by atoms with Crippen molar-refractivity contribution in [3.05, 3.63) is 34.3 Å². The maximum absolute atomic E-state index is 11.7. The number of fused-ring (bicyclic) bond motifs is 1. The minimum absolute atomic E-state index is 0.156. The Balaban J connectivity index is 2.12. The highest BCUT2D eigenvalue weighted by molar-refractivity contribution is 6.30. The molecule has 0 bridgehead atoms. The summed E-state index contributed by atoms with van der Waals surface area (Å²) in [4.78, 5) is 13.6. The lowest BCUT2D eigenvalue weighted by molar-refractivity contribution is -0.131. The third-order valence-corrected chi connectivity index (χ3v) is 3.10. The Morgan fingerprint density at radius 3 is 3.06 bits per heavy atom. The Bertz CT molecular complexity index is 406. The molecule has 2 rings (SSSR count). The number of carbonyl (C=O) groups excluding carboxylic acids is 1. The van der Waals surface area contributed by atoms with Crippen LogP contribution < -0.4 is 5.32 Å². The van der Waals surface area contributed by atoms with Crippen LogP contribution in [0.25, 0.3) is 0 Å². The summed E-state index contributed by atoms with van der Waals surface area (Å²) in [6.45, 7) is 1.89. The topological polar surface area (TPSA) is 32.3 Å². The number of nitrogens with zero attached hydrogens (tertiary/aromatic N) is 1. The van der Waals surface area contributed by atoms with Crippen molar-refractivity contribution in [3.63, 3.8) is 0 Å². The van der Waals surface area contributed by atoms with Gasteiger partial charge in [0.2, 0.25) is 5.91 Å². The van der Waals surface area contributed by atoms with Gasteiger partial charge in [-0.25, -0.2) is 0 Å². The van der Waals surface area contributed by atoms with Crippen molar-refractivity contribution in [2.75, 3.05) is 20.1 Å². The third kappa shape index (κ3) is 2.36. The largest absolute Gasteiger partial charge is 0.337 e. The molecule has 1 amide bonds. The number of halogens is 1.